The van der Waals surface area contributed by atoms with Gasteiger partial charge in [-0.15, -0.1) is 5.10 Å². The molecule has 3 aromatic heterocycles. The Hall–Kier alpha value is -2.89. The number of rotatable bonds is 5. The molecule has 13 heteroatoms. The Bertz CT molecular complexity index is 1670. The quantitative estimate of drug-likeness (QED) is 0.335. The number of alkyl halides is 3. The lowest BCUT2D eigenvalue weighted by Gasteiger charge is -2.19. The number of hydrogen-bond donors (Lipinski definition) is 0. The van der Waals surface area contributed by atoms with E-state index in [1.807, 2.05) is 0 Å². The van der Waals surface area contributed by atoms with Gasteiger partial charge in [-0.2, -0.15) is 17.9 Å². The second-order valence-corrected chi connectivity index (χ2v) is 11.6. The fraction of sp³-hybridized carbons (Fsp3) is 0.261. The molecule has 188 valence electrons. The highest BCUT2D eigenvalue weighted by Gasteiger charge is 2.64. The summed E-state index contributed by atoms with van der Waals surface area (Å²) in [6.07, 6.45) is -2.14. The van der Waals surface area contributed by atoms with E-state index in [2.05, 4.69) is 10.1 Å². The first-order chi connectivity index (χ1) is 16.9. The molecule has 0 atom stereocenters. The first kappa shape index (κ1) is 24.8. The fourth-order valence-corrected chi connectivity index (χ4v) is 5.68. The summed E-state index contributed by atoms with van der Waals surface area (Å²) < 4.78 is 68.5. The fourth-order valence-electron chi connectivity index (χ4n) is 4.12. The smallest absolute Gasteiger partial charge is 0.250 e. The Kier molecular flexibility index (Phi) is 5.73. The van der Waals surface area contributed by atoms with Gasteiger partial charge in [0.15, 0.2) is 21.3 Å². The van der Waals surface area contributed by atoms with Crippen molar-refractivity contribution in [1.29, 1.82) is 0 Å². The van der Waals surface area contributed by atoms with Gasteiger partial charge in [-0.3, -0.25) is 0 Å². The van der Waals surface area contributed by atoms with Crippen molar-refractivity contribution in [2.24, 2.45) is 0 Å². The molecular formula is C23H17Cl2F3N4O3S. The van der Waals surface area contributed by atoms with Crippen LogP contribution < -0.4 is 5.69 Å². The molecule has 1 aliphatic carbocycles. The highest BCUT2D eigenvalue weighted by Crippen LogP contribution is 2.58. The van der Waals surface area contributed by atoms with Crippen molar-refractivity contribution in [3.8, 4) is 16.9 Å². The van der Waals surface area contributed by atoms with E-state index in [1.165, 1.54) is 37.4 Å². The Morgan fingerprint density at radius 3 is 2.31 bits per heavy atom. The molecule has 1 fully saturated rings. The van der Waals surface area contributed by atoms with Gasteiger partial charge in [0.05, 0.1) is 11.2 Å². The highest BCUT2D eigenvalue weighted by atomic mass is 35.5. The summed E-state index contributed by atoms with van der Waals surface area (Å²) in [7, 11) is -3.91. The SMILES string of the molecule is CCS(=O)(=O)c1cc(-c2cc(Cl)cc(Cl)c2)cnc1-n1nc2ccc(C3(C(F)(F)F)CC3)cn2c1=O. The van der Waals surface area contributed by atoms with Crippen LogP contribution in [-0.2, 0) is 15.3 Å². The average molecular weight is 557 g/mol. The first-order valence-electron chi connectivity index (χ1n) is 10.7. The summed E-state index contributed by atoms with van der Waals surface area (Å²) in [6, 6.07) is 8.62. The number of benzene rings is 1. The predicted molar refractivity (Wildman–Crippen MR) is 129 cm³/mol. The summed E-state index contributed by atoms with van der Waals surface area (Å²) in [6.45, 7) is 1.44. The lowest BCUT2D eigenvalue weighted by molar-refractivity contribution is -0.160. The van der Waals surface area contributed by atoms with Gasteiger partial charge in [-0.1, -0.05) is 36.2 Å². The molecule has 4 aromatic rings. The number of hydrogen-bond acceptors (Lipinski definition) is 5. The van der Waals surface area contributed by atoms with E-state index in [0.29, 0.717) is 21.2 Å². The van der Waals surface area contributed by atoms with Crippen molar-refractivity contribution in [3.05, 3.63) is 74.9 Å². The molecule has 0 saturated heterocycles. The Labute approximate surface area is 213 Å². The molecule has 1 saturated carbocycles. The molecule has 0 N–H and O–H groups in total. The molecule has 7 nitrogen and oxygen atoms in total. The highest BCUT2D eigenvalue weighted by molar-refractivity contribution is 7.91. The standard InChI is InChI=1S/C23H17Cl2F3N4O3S/c1-2-36(34,35)18-9-14(13-7-16(24)10-17(25)8-13)11-29-20(18)32-21(33)31-12-15(3-4-19(31)30-32)22(5-6-22)23(26,27)28/h3-4,7-12H,2,5-6H2,1H3. The summed E-state index contributed by atoms with van der Waals surface area (Å²) in [5.74, 6) is -0.553. The van der Waals surface area contributed by atoms with E-state index in [9.17, 15) is 26.4 Å². The number of aromatic nitrogens is 4. The second-order valence-electron chi connectivity index (χ2n) is 8.53. The maximum absolute atomic E-state index is 13.6. The van der Waals surface area contributed by atoms with E-state index >= 15 is 0 Å². The monoisotopic (exact) mass is 556 g/mol. The summed E-state index contributed by atoms with van der Waals surface area (Å²) >= 11 is 12.2. The van der Waals surface area contributed by atoms with Crippen LogP contribution in [0, 0.1) is 0 Å². The third-order valence-corrected chi connectivity index (χ3v) is 8.47. The van der Waals surface area contributed by atoms with Crippen LogP contribution >= 0.6 is 23.2 Å². The van der Waals surface area contributed by atoms with Crippen LogP contribution in [0.2, 0.25) is 10.0 Å². The van der Waals surface area contributed by atoms with Crippen LogP contribution in [0.4, 0.5) is 13.2 Å². The first-order valence-corrected chi connectivity index (χ1v) is 13.2. The van der Waals surface area contributed by atoms with E-state index in [4.69, 9.17) is 23.2 Å². The maximum Gasteiger partial charge on any atom is 0.398 e. The van der Waals surface area contributed by atoms with Crippen LogP contribution in [0.25, 0.3) is 22.6 Å². The minimum Gasteiger partial charge on any atom is -0.250 e. The van der Waals surface area contributed by atoms with Crippen LogP contribution in [0.5, 0.6) is 0 Å². The van der Waals surface area contributed by atoms with Crippen LogP contribution in [0.15, 0.2) is 58.5 Å². The van der Waals surface area contributed by atoms with E-state index in [-0.39, 0.29) is 40.5 Å². The third-order valence-electron chi connectivity index (χ3n) is 6.31. The molecule has 0 unspecified atom stereocenters. The van der Waals surface area contributed by atoms with Crippen LogP contribution in [0.3, 0.4) is 0 Å². The van der Waals surface area contributed by atoms with Crippen LogP contribution in [0.1, 0.15) is 25.3 Å². The lowest BCUT2D eigenvalue weighted by atomic mass is 9.97. The second kappa shape index (κ2) is 8.32. The van der Waals surface area contributed by atoms with Crippen molar-refractivity contribution in [1.82, 2.24) is 19.2 Å². The van der Waals surface area contributed by atoms with E-state index in [0.717, 1.165) is 15.3 Å². The molecule has 36 heavy (non-hydrogen) atoms. The average Bonchev–Trinajstić information content (AvgIpc) is 3.58. The van der Waals surface area contributed by atoms with Crippen molar-refractivity contribution >= 4 is 38.7 Å². The van der Waals surface area contributed by atoms with Gasteiger partial charge < -0.3 is 0 Å². The largest absolute Gasteiger partial charge is 0.398 e. The molecular weight excluding hydrogens is 540 g/mol. The molecule has 0 aliphatic heterocycles. The number of nitrogens with zero attached hydrogens (tertiary/aromatic N) is 4. The van der Waals surface area contributed by atoms with Crippen LogP contribution in [-0.4, -0.2) is 39.5 Å². The van der Waals surface area contributed by atoms with Crippen molar-refractivity contribution in [2.45, 2.75) is 36.3 Å². The van der Waals surface area contributed by atoms with Crippen molar-refractivity contribution in [3.63, 3.8) is 0 Å². The van der Waals surface area contributed by atoms with Gasteiger partial charge in [0.1, 0.15) is 4.90 Å². The van der Waals surface area contributed by atoms with Gasteiger partial charge in [0.25, 0.3) is 0 Å². The molecule has 1 aliphatic rings. The summed E-state index contributed by atoms with van der Waals surface area (Å²) in [4.78, 5) is 17.2. The van der Waals surface area contributed by atoms with E-state index in [1.54, 1.807) is 12.1 Å². The number of pyridine rings is 2. The Morgan fingerprint density at radius 1 is 1.06 bits per heavy atom. The van der Waals surface area contributed by atoms with Gasteiger partial charge in [-0.25, -0.2) is 22.6 Å². The molecule has 3 heterocycles. The summed E-state index contributed by atoms with van der Waals surface area (Å²) in [5, 5.41) is 4.81. The van der Waals surface area contributed by atoms with Gasteiger partial charge in [-0.05, 0) is 54.3 Å². The summed E-state index contributed by atoms with van der Waals surface area (Å²) in [5.41, 5.74) is -1.94. The lowest BCUT2D eigenvalue weighted by Crippen LogP contribution is -2.29. The predicted octanol–water partition coefficient (Wildman–Crippen LogP) is 5.24. The zero-order valence-corrected chi connectivity index (χ0v) is 20.9. The number of sulfone groups is 1. The molecule has 0 bridgehead atoms. The molecule has 1 aromatic carbocycles. The normalized spacial score (nSPS) is 15.4. The Balaban J connectivity index is 1.69. The number of fused-ring (bicyclic) bond motifs is 1. The third kappa shape index (κ3) is 3.99. The Morgan fingerprint density at radius 2 is 1.72 bits per heavy atom. The van der Waals surface area contributed by atoms with Crippen molar-refractivity contribution < 1.29 is 21.6 Å². The minimum absolute atomic E-state index is 0.0494. The van der Waals surface area contributed by atoms with Gasteiger partial charge >= 0.3 is 11.9 Å². The van der Waals surface area contributed by atoms with Gasteiger partial charge in [0, 0.05) is 28.0 Å². The molecule has 0 spiro atoms. The maximum atomic E-state index is 13.6. The topological polar surface area (TPSA) is 86.3 Å². The minimum atomic E-state index is -4.46. The van der Waals surface area contributed by atoms with Crippen molar-refractivity contribution in [2.75, 3.05) is 5.75 Å². The molecule has 0 radical (unpaired) electrons. The van der Waals surface area contributed by atoms with E-state index < -0.39 is 27.1 Å². The molecule has 5 rings (SSSR count). The molecule has 0 amide bonds. The number of halogens is 5. The van der Waals surface area contributed by atoms with Gasteiger partial charge in [0.2, 0.25) is 0 Å². The zero-order valence-electron chi connectivity index (χ0n) is 18.6. The zero-order chi connectivity index (χ0) is 26.0.